The first-order chi connectivity index (χ1) is 15.9. The van der Waals surface area contributed by atoms with Crippen molar-refractivity contribution in [3.63, 3.8) is 0 Å². The Balaban J connectivity index is 1.43. The van der Waals surface area contributed by atoms with E-state index >= 15 is 0 Å². The van der Waals surface area contributed by atoms with E-state index < -0.39 is 11.7 Å². The number of phenols is 2. The maximum Gasteiger partial charge on any atom is 0.258 e. The molecule has 4 N–H and O–H groups in total. The number of aliphatic hydroxyl groups excluding tert-OH is 1. The van der Waals surface area contributed by atoms with Crippen LogP contribution in [0.15, 0.2) is 41.2 Å². The summed E-state index contributed by atoms with van der Waals surface area (Å²) < 4.78 is 5.45. The quantitative estimate of drug-likeness (QED) is 0.437. The fraction of sp³-hybridized carbons (Fsp3) is 0.348. The van der Waals surface area contributed by atoms with Crippen LogP contribution in [0.2, 0.25) is 0 Å². The number of methoxy groups -OCH3 is 1. The Kier molecular flexibility index (Phi) is 6.47. The Hall–Kier alpha value is -3.63. The van der Waals surface area contributed by atoms with Crippen LogP contribution in [0, 0.1) is 0 Å². The minimum absolute atomic E-state index is 0.00753. The molecule has 0 radical (unpaired) electrons. The van der Waals surface area contributed by atoms with Crippen LogP contribution in [0.5, 0.6) is 11.5 Å². The van der Waals surface area contributed by atoms with Gasteiger partial charge >= 0.3 is 0 Å². The van der Waals surface area contributed by atoms with E-state index in [9.17, 15) is 24.9 Å². The Morgan fingerprint density at radius 3 is 2.61 bits per heavy atom. The van der Waals surface area contributed by atoms with Crippen molar-refractivity contribution < 1.29 is 24.9 Å². The highest BCUT2D eigenvalue weighted by molar-refractivity contribution is 5.83. The molecule has 0 saturated carbocycles. The zero-order chi connectivity index (χ0) is 23.5. The monoisotopic (exact) mass is 454 g/mol. The second-order valence-electron chi connectivity index (χ2n) is 7.89. The molecule has 1 aliphatic rings. The molecule has 2 heterocycles. The van der Waals surface area contributed by atoms with Crippen LogP contribution in [0.1, 0.15) is 23.9 Å². The van der Waals surface area contributed by atoms with E-state index in [4.69, 9.17) is 4.74 Å². The molecule has 1 atom stereocenters. The van der Waals surface area contributed by atoms with E-state index in [1.54, 1.807) is 35.2 Å². The molecule has 0 spiro atoms. The standard InChI is InChI=1S/C23H26N4O6/c1-33-19(22-24-21-16(23(32)25-22)3-2-4-18(21)30)12-20(31)27-9-7-26(8-10-27)15-5-6-17(29)14(11-15)13-28/h2-6,11,19,28-30H,7-10,12-13H2,1H3,(H,24,25,32). The van der Waals surface area contributed by atoms with Gasteiger partial charge in [-0.1, -0.05) is 6.07 Å². The number of nitrogens with zero attached hydrogens (tertiary/aromatic N) is 3. The van der Waals surface area contributed by atoms with Gasteiger partial charge in [-0.25, -0.2) is 4.98 Å². The molecule has 2 aromatic carbocycles. The lowest BCUT2D eigenvalue weighted by Crippen LogP contribution is -2.49. The molecule has 1 aliphatic heterocycles. The minimum atomic E-state index is -0.767. The Morgan fingerprint density at radius 1 is 1.15 bits per heavy atom. The average Bonchev–Trinajstić information content (AvgIpc) is 2.83. The summed E-state index contributed by atoms with van der Waals surface area (Å²) in [4.78, 5) is 36.1. The molecule has 1 amide bonds. The van der Waals surface area contributed by atoms with Gasteiger partial charge in [0.05, 0.1) is 18.4 Å². The topological polar surface area (TPSA) is 139 Å². The van der Waals surface area contributed by atoms with Crippen LogP contribution in [0.3, 0.4) is 0 Å². The summed E-state index contributed by atoms with van der Waals surface area (Å²) in [6, 6.07) is 9.65. The smallest absolute Gasteiger partial charge is 0.258 e. The third-order valence-electron chi connectivity index (χ3n) is 5.91. The predicted molar refractivity (Wildman–Crippen MR) is 121 cm³/mol. The van der Waals surface area contributed by atoms with Gasteiger partial charge in [-0.2, -0.15) is 0 Å². The largest absolute Gasteiger partial charge is 0.508 e. The SMILES string of the molecule is COC(CC(=O)N1CCN(c2ccc(O)c(CO)c2)CC1)c1nc2c(O)cccc2c(=O)[nH]1. The summed E-state index contributed by atoms with van der Waals surface area (Å²) >= 11 is 0. The van der Waals surface area contributed by atoms with Crippen LogP contribution in [-0.2, 0) is 16.1 Å². The summed E-state index contributed by atoms with van der Waals surface area (Å²) in [5, 5.41) is 29.4. The first-order valence-corrected chi connectivity index (χ1v) is 10.6. The number of hydrogen-bond donors (Lipinski definition) is 4. The van der Waals surface area contributed by atoms with Crippen LogP contribution >= 0.6 is 0 Å². The minimum Gasteiger partial charge on any atom is -0.508 e. The van der Waals surface area contributed by atoms with E-state index in [0.29, 0.717) is 31.7 Å². The highest BCUT2D eigenvalue weighted by Crippen LogP contribution is 2.26. The fourth-order valence-corrected chi connectivity index (χ4v) is 4.01. The van der Waals surface area contributed by atoms with Gasteiger partial charge in [-0.15, -0.1) is 0 Å². The number of H-pyrrole nitrogens is 1. The molecule has 4 rings (SSSR count). The van der Waals surface area contributed by atoms with Crippen molar-refractivity contribution in [1.29, 1.82) is 0 Å². The molecule has 10 nitrogen and oxygen atoms in total. The number of aromatic amines is 1. The lowest BCUT2D eigenvalue weighted by molar-refractivity contribution is -0.134. The van der Waals surface area contributed by atoms with Crippen LogP contribution in [0.4, 0.5) is 5.69 Å². The number of para-hydroxylation sites is 1. The lowest BCUT2D eigenvalue weighted by Gasteiger charge is -2.36. The summed E-state index contributed by atoms with van der Waals surface area (Å²) in [7, 11) is 1.44. The fourth-order valence-electron chi connectivity index (χ4n) is 4.01. The number of ether oxygens (including phenoxy) is 1. The molecule has 1 fully saturated rings. The third kappa shape index (κ3) is 4.62. The number of hydrogen-bond acceptors (Lipinski definition) is 8. The zero-order valence-corrected chi connectivity index (χ0v) is 18.2. The molecule has 3 aromatic rings. The molecule has 174 valence electrons. The molecule has 1 aromatic heterocycles. The molecule has 0 aliphatic carbocycles. The number of anilines is 1. The van der Waals surface area contributed by atoms with E-state index in [0.717, 1.165) is 5.69 Å². The number of phenolic OH excluding ortho intramolecular Hbond substituents is 1. The third-order valence-corrected chi connectivity index (χ3v) is 5.91. The number of aromatic nitrogens is 2. The first-order valence-electron chi connectivity index (χ1n) is 10.6. The number of amides is 1. The second-order valence-corrected chi connectivity index (χ2v) is 7.89. The van der Waals surface area contributed by atoms with Crippen molar-refractivity contribution in [3.05, 3.63) is 58.1 Å². The Labute approximate surface area is 189 Å². The van der Waals surface area contributed by atoms with E-state index in [1.165, 1.54) is 13.2 Å². The van der Waals surface area contributed by atoms with Gasteiger partial charge in [0.2, 0.25) is 5.91 Å². The van der Waals surface area contributed by atoms with Crippen molar-refractivity contribution in [1.82, 2.24) is 14.9 Å². The first kappa shape index (κ1) is 22.6. The number of nitrogens with one attached hydrogen (secondary N) is 1. The molecule has 33 heavy (non-hydrogen) atoms. The van der Waals surface area contributed by atoms with E-state index in [1.807, 2.05) is 0 Å². The van der Waals surface area contributed by atoms with Crippen LogP contribution < -0.4 is 10.5 Å². The number of rotatable bonds is 6. The maximum atomic E-state index is 12.9. The summed E-state index contributed by atoms with van der Waals surface area (Å²) in [5.74, 6) is -0.0162. The number of aliphatic hydroxyl groups is 1. The summed E-state index contributed by atoms with van der Waals surface area (Å²) in [6.45, 7) is 1.93. The van der Waals surface area contributed by atoms with Crippen molar-refractivity contribution in [2.75, 3.05) is 38.2 Å². The van der Waals surface area contributed by atoms with E-state index in [2.05, 4.69) is 14.9 Å². The molecule has 10 heteroatoms. The molecular formula is C23H26N4O6. The zero-order valence-electron chi connectivity index (χ0n) is 18.2. The molecule has 1 saturated heterocycles. The summed E-state index contributed by atoms with van der Waals surface area (Å²) in [6.07, 6.45) is -0.775. The number of carbonyl (C=O) groups is 1. The Bertz CT molecular complexity index is 1220. The van der Waals surface area contributed by atoms with Gasteiger partial charge in [0, 0.05) is 44.5 Å². The second kappa shape index (κ2) is 9.47. The van der Waals surface area contributed by atoms with Crippen molar-refractivity contribution in [3.8, 4) is 11.5 Å². The maximum absolute atomic E-state index is 12.9. The van der Waals surface area contributed by atoms with Crippen molar-refractivity contribution in [2.45, 2.75) is 19.1 Å². The lowest BCUT2D eigenvalue weighted by atomic mass is 10.1. The number of benzene rings is 2. The van der Waals surface area contributed by atoms with Crippen molar-refractivity contribution >= 4 is 22.5 Å². The number of fused-ring (bicyclic) bond motifs is 1. The van der Waals surface area contributed by atoms with Crippen LogP contribution in [0.25, 0.3) is 10.9 Å². The van der Waals surface area contributed by atoms with Gasteiger partial charge < -0.3 is 34.8 Å². The molecule has 0 bridgehead atoms. The molecular weight excluding hydrogens is 428 g/mol. The summed E-state index contributed by atoms with van der Waals surface area (Å²) in [5.41, 5.74) is 1.08. The Morgan fingerprint density at radius 2 is 1.91 bits per heavy atom. The van der Waals surface area contributed by atoms with E-state index in [-0.39, 0.29) is 47.2 Å². The average molecular weight is 454 g/mol. The van der Waals surface area contributed by atoms with Gasteiger partial charge in [0.1, 0.15) is 28.9 Å². The highest BCUT2D eigenvalue weighted by Gasteiger charge is 2.26. The molecule has 1 unspecified atom stereocenters. The predicted octanol–water partition coefficient (Wildman–Crippen LogP) is 1.25. The highest BCUT2D eigenvalue weighted by atomic mass is 16.5. The van der Waals surface area contributed by atoms with Gasteiger partial charge in [0.15, 0.2) is 0 Å². The van der Waals surface area contributed by atoms with Crippen LogP contribution in [-0.4, -0.2) is 69.4 Å². The van der Waals surface area contributed by atoms with Crippen molar-refractivity contribution in [2.24, 2.45) is 0 Å². The van der Waals surface area contributed by atoms with Gasteiger partial charge in [-0.05, 0) is 30.3 Å². The number of aromatic hydroxyl groups is 2. The normalized spacial score (nSPS) is 15.1. The number of carbonyl (C=O) groups excluding carboxylic acids is 1. The van der Waals surface area contributed by atoms with Gasteiger partial charge in [0.25, 0.3) is 5.56 Å². The number of piperazine rings is 1. The van der Waals surface area contributed by atoms with Gasteiger partial charge in [-0.3, -0.25) is 9.59 Å².